The van der Waals surface area contributed by atoms with Gasteiger partial charge in [0.2, 0.25) is 0 Å². The molecule has 0 aromatic heterocycles. The Morgan fingerprint density at radius 3 is 2.25 bits per heavy atom. The molecule has 3 fully saturated rings. The van der Waals surface area contributed by atoms with E-state index in [1.54, 1.807) is 0 Å². The first kappa shape index (κ1) is 12.5. The van der Waals surface area contributed by atoms with Crippen molar-refractivity contribution in [3.05, 3.63) is 0 Å². The van der Waals surface area contributed by atoms with Crippen molar-refractivity contribution in [2.24, 2.45) is 35.5 Å². The largest absolute Gasteiger partial charge is 0.0651 e. The highest BCUT2D eigenvalue weighted by molar-refractivity contribution is 4.87. The maximum absolute atomic E-state index is 2.53. The van der Waals surface area contributed by atoms with Gasteiger partial charge in [0, 0.05) is 0 Å². The minimum absolute atomic E-state index is 0.962. The molecular formula is C16H30. The van der Waals surface area contributed by atoms with E-state index in [1.165, 1.54) is 38.5 Å². The molecule has 0 nitrogen and oxygen atoms in total. The molecule has 3 aliphatic rings. The van der Waals surface area contributed by atoms with E-state index in [9.17, 15) is 0 Å². The minimum atomic E-state index is 0.962. The highest BCUT2D eigenvalue weighted by Gasteiger charge is 2.37. The summed E-state index contributed by atoms with van der Waals surface area (Å²) in [4.78, 5) is 0. The van der Waals surface area contributed by atoms with Gasteiger partial charge in [-0.2, -0.15) is 0 Å². The topological polar surface area (TPSA) is 0 Å². The van der Waals surface area contributed by atoms with Crippen LogP contribution in [0.3, 0.4) is 0 Å². The van der Waals surface area contributed by atoms with Crippen molar-refractivity contribution in [2.45, 2.75) is 66.2 Å². The fraction of sp³-hybridized carbons (Fsp3) is 1.00. The lowest BCUT2D eigenvalue weighted by atomic mass is 9.66. The molecule has 16 heavy (non-hydrogen) atoms. The molecule has 2 bridgehead atoms. The van der Waals surface area contributed by atoms with E-state index in [-0.39, 0.29) is 0 Å². The van der Waals surface area contributed by atoms with Crippen molar-refractivity contribution in [1.29, 1.82) is 0 Å². The summed E-state index contributed by atoms with van der Waals surface area (Å²) in [5, 5.41) is 0. The van der Waals surface area contributed by atoms with Crippen molar-refractivity contribution < 1.29 is 0 Å². The zero-order valence-electron chi connectivity index (χ0n) is 11.7. The smallest absolute Gasteiger partial charge is 0.0357 e. The lowest BCUT2D eigenvalue weighted by molar-refractivity contribution is 0.109. The average molecular weight is 222 g/mol. The van der Waals surface area contributed by atoms with E-state index in [0.29, 0.717) is 0 Å². The third-order valence-corrected chi connectivity index (χ3v) is 5.61. The number of hydrogen-bond donors (Lipinski definition) is 0. The summed E-state index contributed by atoms with van der Waals surface area (Å²) >= 11 is 0. The molecule has 0 spiro atoms. The Morgan fingerprint density at radius 1 is 0.875 bits per heavy atom. The Balaban J connectivity index is 2.18. The van der Waals surface area contributed by atoms with Crippen LogP contribution in [0.25, 0.3) is 0 Å². The second-order valence-corrected chi connectivity index (χ2v) is 6.95. The van der Waals surface area contributed by atoms with Gasteiger partial charge in [-0.25, -0.2) is 0 Å². The molecular weight excluding hydrogens is 192 g/mol. The quantitative estimate of drug-likeness (QED) is 0.577. The van der Waals surface area contributed by atoms with E-state index < -0.39 is 0 Å². The number of fused-ring (bicyclic) bond motifs is 6. The third kappa shape index (κ3) is 2.46. The maximum Gasteiger partial charge on any atom is -0.0357 e. The Morgan fingerprint density at radius 2 is 1.62 bits per heavy atom. The first-order valence-electron chi connectivity index (χ1n) is 7.61. The van der Waals surface area contributed by atoms with Gasteiger partial charge in [-0.3, -0.25) is 0 Å². The van der Waals surface area contributed by atoms with Gasteiger partial charge in [-0.1, -0.05) is 40.5 Å². The fourth-order valence-corrected chi connectivity index (χ4v) is 4.98. The number of rotatable bonds is 1. The van der Waals surface area contributed by atoms with E-state index in [1.807, 2.05) is 0 Å². The van der Waals surface area contributed by atoms with E-state index in [2.05, 4.69) is 27.7 Å². The maximum atomic E-state index is 2.53. The molecule has 0 heteroatoms. The molecule has 0 N–H and O–H groups in total. The Bertz CT molecular complexity index is 220. The van der Waals surface area contributed by atoms with Crippen LogP contribution in [0.15, 0.2) is 0 Å². The zero-order valence-corrected chi connectivity index (χ0v) is 11.7. The molecule has 0 amide bonds. The number of hydrogen-bond acceptors (Lipinski definition) is 0. The highest BCUT2D eigenvalue weighted by Crippen LogP contribution is 2.47. The predicted molar refractivity (Wildman–Crippen MR) is 71.3 cm³/mol. The second-order valence-electron chi connectivity index (χ2n) is 6.95. The summed E-state index contributed by atoms with van der Waals surface area (Å²) < 4.78 is 0. The molecule has 0 aliphatic heterocycles. The predicted octanol–water partition coefficient (Wildman–Crippen LogP) is 5.13. The Kier molecular flexibility index (Phi) is 3.97. The average Bonchev–Trinajstić information content (AvgIpc) is 2.28. The molecule has 6 atom stereocenters. The highest BCUT2D eigenvalue weighted by atomic mass is 14.4. The SMILES string of the molecule is CCC1C(C)CC(C)CC2CCC1C(C)C2. The summed E-state index contributed by atoms with van der Waals surface area (Å²) in [7, 11) is 0. The van der Waals surface area contributed by atoms with E-state index in [0.717, 1.165) is 35.5 Å². The van der Waals surface area contributed by atoms with Gasteiger partial charge >= 0.3 is 0 Å². The van der Waals surface area contributed by atoms with Gasteiger partial charge in [-0.15, -0.1) is 0 Å². The summed E-state index contributed by atoms with van der Waals surface area (Å²) in [6.07, 6.45) is 8.99. The van der Waals surface area contributed by atoms with Crippen molar-refractivity contribution in [3.63, 3.8) is 0 Å². The molecule has 3 aliphatic carbocycles. The molecule has 0 aromatic carbocycles. The first-order valence-corrected chi connectivity index (χ1v) is 7.61. The molecule has 0 heterocycles. The molecule has 0 radical (unpaired) electrons. The standard InChI is InChI=1S/C16H30/c1-5-15-12(3)8-11(2)9-14-6-7-16(15)13(4)10-14/h11-16H,5-10H2,1-4H3. The van der Waals surface area contributed by atoms with Crippen molar-refractivity contribution >= 4 is 0 Å². The minimum Gasteiger partial charge on any atom is -0.0651 e. The molecule has 3 saturated carbocycles. The molecule has 0 aromatic rings. The van der Waals surface area contributed by atoms with Crippen molar-refractivity contribution in [1.82, 2.24) is 0 Å². The van der Waals surface area contributed by atoms with Crippen LogP contribution >= 0.6 is 0 Å². The van der Waals surface area contributed by atoms with E-state index >= 15 is 0 Å². The molecule has 0 saturated heterocycles. The van der Waals surface area contributed by atoms with Crippen LogP contribution in [0.5, 0.6) is 0 Å². The van der Waals surface area contributed by atoms with Crippen LogP contribution in [-0.2, 0) is 0 Å². The zero-order chi connectivity index (χ0) is 11.7. The normalized spacial score (nSPS) is 49.5. The Hall–Kier alpha value is 0. The Labute approximate surface area is 102 Å². The van der Waals surface area contributed by atoms with Gasteiger partial charge in [0.1, 0.15) is 0 Å². The van der Waals surface area contributed by atoms with Crippen LogP contribution in [0, 0.1) is 35.5 Å². The van der Waals surface area contributed by atoms with Gasteiger partial charge in [0.25, 0.3) is 0 Å². The van der Waals surface area contributed by atoms with Gasteiger partial charge in [0.15, 0.2) is 0 Å². The summed E-state index contributed by atoms with van der Waals surface area (Å²) in [5.41, 5.74) is 0. The van der Waals surface area contributed by atoms with Gasteiger partial charge in [0.05, 0.1) is 0 Å². The lowest BCUT2D eigenvalue weighted by Crippen LogP contribution is -2.30. The summed E-state index contributed by atoms with van der Waals surface area (Å²) in [6.45, 7) is 9.97. The first-order chi connectivity index (χ1) is 7.61. The van der Waals surface area contributed by atoms with Crippen LogP contribution in [0.4, 0.5) is 0 Å². The monoisotopic (exact) mass is 222 g/mol. The summed E-state index contributed by atoms with van der Waals surface area (Å²) in [6, 6.07) is 0. The van der Waals surface area contributed by atoms with Crippen LogP contribution in [0.2, 0.25) is 0 Å². The second kappa shape index (κ2) is 5.10. The van der Waals surface area contributed by atoms with Crippen molar-refractivity contribution in [3.8, 4) is 0 Å². The van der Waals surface area contributed by atoms with Crippen LogP contribution < -0.4 is 0 Å². The summed E-state index contributed by atoms with van der Waals surface area (Å²) in [5.74, 6) is 6.04. The van der Waals surface area contributed by atoms with Crippen molar-refractivity contribution in [2.75, 3.05) is 0 Å². The molecule has 94 valence electrons. The molecule has 6 unspecified atom stereocenters. The van der Waals surface area contributed by atoms with E-state index in [4.69, 9.17) is 0 Å². The van der Waals surface area contributed by atoms with Gasteiger partial charge < -0.3 is 0 Å². The van der Waals surface area contributed by atoms with Crippen LogP contribution in [0.1, 0.15) is 66.2 Å². The fourth-order valence-electron chi connectivity index (χ4n) is 4.98. The van der Waals surface area contributed by atoms with Crippen LogP contribution in [-0.4, -0.2) is 0 Å². The lowest BCUT2D eigenvalue weighted by Gasteiger charge is -2.39. The van der Waals surface area contributed by atoms with Gasteiger partial charge in [-0.05, 0) is 61.2 Å². The molecule has 3 rings (SSSR count). The third-order valence-electron chi connectivity index (χ3n) is 5.61.